The minimum Gasteiger partial charge on any atom is -0.352 e. The van der Waals surface area contributed by atoms with Crippen LogP contribution in [0, 0.1) is 12.8 Å². The van der Waals surface area contributed by atoms with Gasteiger partial charge in [0, 0.05) is 37.8 Å². The number of rotatable bonds is 6. The first kappa shape index (κ1) is 19.9. The minimum atomic E-state index is -3.53. The number of sulfonamides is 1. The first-order chi connectivity index (χ1) is 13.4. The van der Waals surface area contributed by atoms with Crippen molar-refractivity contribution in [2.45, 2.75) is 56.4 Å². The second-order valence-electron chi connectivity index (χ2n) is 8.53. The molecule has 1 aromatic carbocycles. The molecule has 154 valence electrons. The third-order valence-electron chi connectivity index (χ3n) is 6.34. The fourth-order valence-corrected chi connectivity index (χ4v) is 5.94. The molecule has 0 bridgehead atoms. The lowest BCUT2D eigenvalue weighted by Gasteiger charge is -2.26. The number of hydrogen-bond donors (Lipinski definition) is 1. The fourth-order valence-electron chi connectivity index (χ4n) is 4.39. The van der Waals surface area contributed by atoms with Gasteiger partial charge in [-0.1, -0.05) is 12.5 Å². The smallest absolute Gasteiger partial charge is 0.251 e. The van der Waals surface area contributed by atoms with E-state index in [1.54, 1.807) is 22.5 Å². The Hall–Kier alpha value is -1.44. The molecule has 1 aliphatic carbocycles. The van der Waals surface area contributed by atoms with E-state index in [2.05, 4.69) is 10.2 Å². The van der Waals surface area contributed by atoms with Gasteiger partial charge in [-0.15, -0.1) is 0 Å². The summed E-state index contributed by atoms with van der Waals surface area (Å²) in [5.74, 6) is 0.322. The monoisotopic (exact) mass is 405 g/mol. The Morgan fingerprint density at radius 1 is 1.11 bits per heavy atom. The summed E-state index contributed by atoms with van der Waals surface area (Å²) < 4.78 is 27.4. The third-order valence-corrected chi connectivity index (χ3v) is 8.23. The van der Waals surface area contributed by atoms with Gasteiger partial charge in [-0.05, 0) is 69.2 Å². The normalized spacial score (nSPS) is 24.4. The highest BCUT2D eigenvalue weighted by atomic mass is 32.2. The van der Waals surface area contributed by atoms with Crippen LogP contribution in [0.15, 0.2) is 23.1 Å². The van der Waals surface area contributed by atoms with E-state index in [4.69, 9.17) is 0 Å². The van der Waals surface area contributed by atoms with Crippen molar-refractivity contribution in [3.63, 3.8) is 0 Å². The van der Waals surface area contributed by atoms with Crippen LogP contribution < -0.4 is 5.32 Å². The summed E-state index contributed by atoms with van der Waals surface area (Å²) in [6, 6.07) is 5.70. The van der Waals surface area contributed by atoms with Crippen LogP contribution in [0.4, 0.5) is 0 Å². The molecule has 4 rings (SSSR count). The van der Waals surface area contributed by atoms with Crippen LogP contribution in [-0.2, 0) is 10.0 Å². The lowest BCUT2D eigenvalue weighted by atomic mass is 10.1. The predicted octanol–water partition coefficient (Wildman–Crippen LogP) is 2.38. The van der Waals surface area contributed by atoms with Gasteiger partial charge in [0.05, 0.1) is 4.90 Å². The fraction of sp³-hybridized carbons (Fsp3) is 0.667. The van der Waals surface area contributed by atoms with Gasteiger partial charge < -0.3 is 10.2 Å². The van der Waals surface area contributed by atoms with E-state index in [1.165, 1.54) is 12.8 Å². The second kappa shape index (κ2) is 8.13. The lowest BCUT2D eigenvalue weighted by molar-refractivity contribution is 0.0946. The molecule has 0 aromatic heterocycles. The number of benzene rings is 1. The standard InChI is InChI=1S/C21H31N3O3S/c1-16-5-8-19(28(26,27)24-10-3-2-4-11-24)13-20(16)21(25)22-14-17-9-12-23(15-17)18-6-7-18/h5,8,13,17-18H,2-4,6-7,9-12,14-15H2,1H3,(H,22,25). The van der Waals surface area contributed by atoms with Gasteiger partial charge >= 0.3 is 0 Å². The molecule has 3 fully saturated rings. The topological polar surface area (TPSA) is 69.7 Å². The summed E-state index contributed by atoms with van der Waals surface area (Å²) in [4.78, 5) is 15.5. The zero-order valence-electron chi connectivity index (χ0n) is 16.7. The Kier molecular flexibility index (Phi) is 5.76. The molecule has 1 atom stereocenters. The van der Waals surface area contributed by atoms with Crippen LogP contribution in [0.1, 0.15) is 54.4 Å². The number of hydrogen-bond acceptors (Lipinski definition) is 4. The molecule has 6 nitrogen and oxygen atoms in total. The molecular formula is C21H31N3O3S. The van der Waals surface area contributed by atoms with Crippen LogP contribution in [0.5, 0.6) is 0 Å². The van der Waals surface area contributed by atoms with Crippen LogP contribution in [0.25, 0.3) is 0 Å². The average Bonchev–Trinajstić information content (AvgIpc) is 3.45. The summed E-state index contributed by atoms with van der Waals surface area (Å²) >= 11 is 0. The van der Waals surface area contributed by atoms with E-state index >= 15 is 0 Å². The maximum absolute atomic E-state index is 12.9. The molecule has 0 spiro atoms. The maximum atomic E-state index is 12.9. The summed E-state index contributed by atoms with van der Waals surface area (Å²) in [5.41, 5.74) is 1.27. The summed E-state index contributed by atoms with van der Waals surface area (Å²) in [6.07, 6.45) is 6.63. The quantitative estimate of drug-likeness (QED) is 0.789. The minimum absolute atomic E-state index is 0.168. The summed E-state index contributed by atoms with van der Waals surface area (Å²) in [7, 11) is -3.53. The Morgan fingerprint density at radius 2 is 1.86 bits per heavy atom. The Morgan fingerprint density at radius 3 is 2.57 bits per heavy atom. The number of carbonyl (C=O) groups excluding carboxylic acids is 1. The number of piperidine rings is 1. The van der Waals surface area contributed by atoms with E-state index in [0.717, 1.165) is 50.4 Å². The van der Waals surface area contributed by atoms with E-state index in [-0.39, 0.29) is 10.8 Å². The predicted molar refractivity (Wildman–Crippen MR) is 109 cm³/mol. The van der Waals surface area contributed by atoms with Crippen molar-refractivity contribution in [1.29, 1.82) is 0 Å². The first-order valence-corrected chi connectivity index (χ1v) is 12.0. The van der Waals surface area contributed by atoms with E-state index in [9.17, 15) is 13.2 Å². The highest BCUT2D eigenvalue weighted by Gasteiger charge is 2.34. The van der Waals surface area contributed by atoms with Gasteiger partial charge in [0.25, 0.3) is 5.91 Å². The van der Waals surface area contributed by atoms with E-state index in [0.29, 0.717) is 31.1 Å². The molecule has 1 aromatic rings. The largest absolute Gasteiger partial charge is 0.352 e. The van der Waals surface area contributed by atoms with Crippen LogP contribution in [0.2, 0.25) is 0 Å². The molecule has 3 aliphatic rings. The van der Waals surface area contributed by atoms with E-state index in [1.807, 2.05) is 6.92 Å². The number of nitrogens with zero attached hydrogens (tertiary/aromatic N) is 2. The first-order valence-electron chi connectivity index (χ1n) is 10.6. The Labute approximate surface area is 168 Å². The Bertz CT molecular complexity index is 829. The molecule has 2 saturated heterocycles. The zero-order chi connectivity index (χ0) is 19.7. The van der Waals surface area contributed by atoms with Crippen molar-refractivity contribution in [2.75, 3.05) is 32.7 Å². The second-order valence-corrected chi connectivity index (χ2v) is 10.5. The van der Waals surface area contributed by atoms with E-state index < -0.39 is 10.0 Å². The van der Waals surface area contributed by atoms with Gasteiger partial charge in [0.2, 0.25) is 10.0 Å². The SMILES string of the molecule is Cc1ccc(S(=O)(=O)N2CCCCC2)cc1C(=O)NCC1CCN(C2CC2)C1. The molecule has 28 heavy (non-hydrogen) atoms. The molecule has 1 N–H and O–H groups in total. The highest BCUT2D eigenvalue weighted by molar-refractivity contribution is 7.89. The molecule has 7 heteroatoms. The van der Waals surface area contributed by atoms with Crippen molar-refractivity contribution < 1.29 is 13.2 Å². The molecule has 1 saturated carbocycles. The maximum Gasteiger partial charge on any atom is 0.251 e. The van der Waals surface area contributed by atoms with Gasteiger partial charge in [0.1, 0.15) is 0 Å². The summed E-state index contributed by atoms with van der Waals surface area (Å²) in [5, 5.41) is 3.05. The third kappa shape index (κ3) is 4.26. The van der Waals surface area contributed by atoms with Crippen molar-refractivity contribution in [2.24, 2.45) is 5.92 Å². The van der Waals surface area contributed by atoms with Crippen molar-refractivity contribution >= 4 is 15.9 Å². The number of carbonyl (C=O) groups is 1. The van der Waals surface area contributed by atoms with Gasteiger partial charge in [-0.2, -0.15) is 4.31 Å². The molecule has 0 radical (unpaired) electrons. The van der Waals surface area contributed by atoms with Crippen molar-refractivity contribution in [3.05, 3.63) is 29.3 Å². The molecule has 2 heterocycles. The molecular weight excluding hydrogens is 374 g/mol. The van der Waals surface area contributed by atoms with Crippen LogP contribution in [0.3, 0.4) is 0 Å². The summed E-state index contributed by atoms with van der Waals surface area (Å²) in [6.45, 7) is 5.84. The van der Waals surface area contributed by atoms with Crippen LogP contribution >= 0.6 is 0 Å². The van der Waals surface area contributed by atoms with Crippen molar-refractivity contribution in [3.8, 4) is 0 Å². The number of nitrogens with one attached hydrogen (secondary N) is 1. The number of aryl methyl sites for hydroxylation is 1. The van der Waals surface area contributed by atoms with Gasteiger partial charge in [-0.3, -0.25) is 4.79 Å². The Balaban J connectivity index is 1.42. The van der Waals surface area contributed by atoms with Gasteiger partial charge in [-0.25, -0.2) is 8.42 Å². The van der Waals surface area contributed by atoms with Gasteiger partial charge in [0.15, 0.2) is 0 Å². The molecule has 1 amide bonds. The highest BCUT2D eigenvalue weighted by Crippen LogP contribution is 2.31. The average molecular weight is 406 g/mol. The molecule has 2 aliphatic heterocycles. The molecule has 1 unspecified atom stereocenters. The zero-order valence-corrected chi connectivity index (χ0v) is 17.5. The lowest BCUT2D eigenvalue weighted by Crippen LogP contribution is -2.36. The van der Waals surface area contributed by atoms with Crippen molar-refractivity contribution in [1.82, 2.24) is 14.5 Å². The number of likely N-dealkylation sites (tertiary alicyclic amines) is 1. The number of amides is 1. The van der Waals surface area contributed by atoms with Crippen LogP contribution in [-0.4, -0.2) is 62.3 Å².